The Morgan fingerprint density at radius 2 is 1.52 bits per heavy atom. The number of sulfonamides is 1. The van der Waals surface area contributed by atoms with E-state index in [2.05, 4.69) is 15.1 Å². The minimum atomic E-state index is -3.78. The summed E-state index contributed by atoms with van der Waals surface area (Å²) < 4.78 is 22.7. The number of carbonyl (C=O) groups is 1. The van der Waals surface area contributed by atoms with Crippen molar-refractivity contribution in [3.8, 4) is 11.3 Å². The first-order valence-electron chi connectivity index (χ1n) is 9.58. The van der Waals surface area contributed by atoms with Crippen LogP contribution in [0.1, 0.15) is 10.4 Å². The van der Waals surface area contributed by atoms with Crippen molar-refractivity contribution in [2.45, 2.75) is 4.90 Å². The molecule has 160 valence electrons. The Bertz CT molecular complexity index is 1180. The highest BCUT2D eigenvalue weighted by Gasteiger charge is 2.23. The number of hydrogen-bond donors (Lipinski definition) is 1. The molecule has 1 amide bonds. The largest absolute Gasteiger partial charge is 0.352 e. The number of nitrogens with two attached hydrogens (primary N) is 1. The van der Waals surface area contributed by atoms with Crippen molar-refractivity contribution in [1.82, 2.24) is 15.1 Å². The number of halogens is 1. The van der Waals surface area contributed by atoms with Crippen LogP contribution in [0.25, 0.3) is 11.3 Å². The molecule has 4 rings (SSSR count). The van der Waals surface area contributed by atoms with Crippen LogP contribution in [0.3, 0.4) is 0 Å². The van der Waals surface area contributed by atoms with E-state index in [-0.39, 0.29) is 10.8 Å². The lowest BCUT2D eigenvalue weighted by Crippen LogP contribution is -2.49. The van der Waals surface area contributed by atoms with Gasteiger partial charge in [-0.15, -0.1) is 10.2 Å². The van der Waals surface area contributed by atoms with Crippen LogP contribution in [0.5, 0.6) is 0 Å². The van der Waals surface area contributed by atoms with E-state index in [1.54, 1.807) is 4.90 Å². The fourth-order valence-electron chi connectivity index (χ4n) is 3.38. The molecule has 0 unspecified atom stereocenters. The molecule has 10 heteroatoms. The summed E-state index contributed by atoms with van der Waals surface area (Å²) in [5.74, 6) is 0.604. The Labute approximate surface area is 185 Å². The van der Waals surface area contributed by atoms with Crippen LogP contribution in [-0.4, -0.2) is 55.6 Å². The maximum atomic E-state index is 12.7. The van der Waals surface area contributed by atoms with Gasteiger partial charge >= 0.3 is 0 Å². The molecule has 1 fully saturated rings. The number of piperazine rings is 1. The van der Waals surface area contributed by atoms with Crippen LogP contribution in [0.4, 0.5) is 5.82 Å². The minimum absolute atomic E-state index is 0.0190. The van der Waals surface area contributed by atoms with Crippen molar-refractivity contribution in [2.24, 2.45) is 5.14 Å². The third-order valence-corrected chi connectivity index (χ3v) is 6.29. The van der Waals surface area contributed by atoms with Gasteiger partial charge in [0.05, 0.1) is 10.6 Å². The summed E-state index contributed by atoms with van der Waals surface area (Å²) in [6.07, 6.45) is 0. The predicted molar refractivity (Wildman–Crippen MR) is 118 cm³/mol. The Kier molecular flexibility index (Phi) is 5.90. The predicted octanol–water partition coefficient (Wildman–Crippen LogP) is 2.41. The third-order valence-electron chi connectivity index (χ3n) is 5.11. The van der Waals surface area contributed by atoms with Crippen molar-refractivity contribution in [3.05, 3.63) is 71.2 Å². The first kappa shape index (κ1) is 21.2. The quantitative estimate of drug-likeness (QED) is 0.644. The molecular formula is C21H20ClN5O3S. The Morgan fingerprint density at radius 3 is 2.06 bits per heavy atom. The monoisotopic (exact) mass is 457 g/mol. The van der Waals surface area contributed by atoms with Gasteiger partial charge in [-0.25, -0.2) is 13.6 Å². The first-order chi connectivity index (χ1) is 14.8. The van der Waals surface area contributed by atoms with Gasteiger partial charge in [-0.3, -0.25) is 4.79 Å². The molecule has 0 radical (unpaired) electrons. The van der Waals surface area contributed by atoms with Gasteiger partial charge in [-0.2, -0.15) is 0 Å². The van der Waals surface area contributed by atoms with E-state index >= 15 is 0 Å². The number of benzene rings is 2. The Balaban J connectivity index is 1.38. The molecule has 0 atom stereocenters. The van der Waals surface area contributed by atoms with Gasteiger partial charge in [0.25, 0.3) is 5.91 Å². The number of primary sulfonamides is 1. The van der Waals surface area contributed by atoms with Gasteiger partial charge < -0.3 is 9.80 Å². The van der Waals surface area contributed by atoms with Crippen molar-refractivity contribution in [3.63, 3.8) is 0 Å². The molecule has 0 spiro atoms. The number of aromatic nitrogens is 2. The van der Waals surface area contributed by atoms with Crippen LogP contribution >= 0.6 is 11.6 Å². The number of nitrogens with zero attached hydrogens (tertiary/aromatic N) is 4. The molecule has 3 aromatic rings. The molecule has 1 aromatic heterocycles. The average molecular weight is 458 g/mol. The molecule has 1 aliphatic rings. The third kappa shape index (κ3) is 4.84. The summed E-state index contributed by atoms with van der Waals surface area (Å²) in [7, 11) is -3.78. The molecule has 2 N–H and O–H groups in total. The van der Waals surface area contributed by atoms with E-state index in [4.69, 9.17) is 16.7 Å². The van der Waals surface area contributed by atoms with Crippen LogP contribution < -0.4 is 10.0 Å². The molecule has 0 bridgehead atoms. The highest BCUT2D eigenvalue weighted by Crippen LogP contribution is 2.21. The summed E-state index contributed by atoms with van der Waals surface area (Å²) in [5.41, 5.74) is 2.12. The van der Waals surface area contributed by atoms with Gasteiger partial charge in [0.2, 0.25) is 10.0 Å². The average Bonchev–Trinajstić information content (AvgIpc) is 2.79. The fourth-order valence-corrected chi connectivity index (χ4v) is 4.02. The summed E-state index contributed by atoms with van der Waals surface area (Å²) in [6, 6.07) is 16.9. The second kappa shape index (κ2) is 8.62. The van der Waals surface area contributed by atoms with Gasteiger partial charge in [0.1, 0.15) is 0 Å². The number of rotatable bonds is 4. The molecular weight excluding hydrogens is 438 g/mol. The van der Waals surface area contributed by atoms with Crippen LogP contribution in [0, 0.1) is 0 Å². The molecule has 1 saturated heterocycles. The lowest BCUT2D eigenvalue weighted by molar-refractivity contribution is 0.0746. The number of hydrogen-bond acceptors (Lipinski definition) is 6. The zero-order valence-corrected chi connectivity index (χ0v) is 18.1. The van der Waals surface area contributed by atoms with Gasteiger partial charge in [0, 0.05) is 42.3 Å². The first-order valence-corrected chi connectivity index (χ1v) is 11.5. The van der Waals surface area contributed by atoms with Gasteiger partial charge in [0.15, 0.2) is 5.82 Å². The highest BCUT2D eigenvalue weighted by atomic mass is 35.5. The molecule has 8 nitrogen and oxygen atoms in total. The molecule has 0 saturated carbocycles. The molecule has 31 heavy (non-hydrogen) atoms. The molecule has 1 aliphatic heterocycles. The summed E-state index contributed by atoms with van der Waals surface area (Å²) >= 11 is 5.92. The lowest BCUT2D eigenvalue weighted by Gasteiger charge is -2.35. The summed E-state index contributed by atoms with van der Waals surface area (Å²) in [4.78, 5) is 16.5. The highest BCUT2D eigenvalue weighted by molar-refractivity contribution is 7.89. The maximum absolute atomic E-state index is 12.7. The number of amides is 1. The minimum Gasteiger partial charge on any atom is -0.352 e. The van der Waals surface area contributed by atoms with Crippen molar-refractivity contribution in [2.75, 3.05) is 31.1 Å². The standard InChI is InChI=1S/C21H20ClN5O3S/c22-17-5-1-15(2-6-17)19-9-10-20(25-24-19)26-11-13-27(14-12-26)21(28)16-3-7-18(8-4-16)31(23,29)30/h1-10H,11-14H2,(H2,23,29,30). The zero-order valence-electron chi connectivity index (χ0n) is 16.5. The zero-order chi connectivity index (χ0) is 22.0. The van der Waals surface area contributed by atoms with E-state index in [1.807, 2.05) is 36.4 Å². The van der Waals surface area contributed by atoms with E-state index in [0.717, 1.165) is 17.1 Å². The van der Waals surface area contributed by atoms with Crippen LogP contribution in [0.2, 0.25) is 5.02 Å². The molecule has 2 aromatic carbocycles. The van der Waals surface area contributed by atoms with E-state index < -0.39 is 10.0 Å². The van der Waals surface area contributed by atoms with E-state index in [0.29, 0.717) is 36.8 Å². The molecule has 0 aliphatic carbocycles. The van der Waals surface area contributed by atoms with E-state index in [1.165, 1.54) is 24.3 Å². The smallest absolute Gasteiger partial charge is 0.253 e. The van der Waals surface area contributed by atoms with Crippen LogP contribution in [0.15, 0.2) is 65.6 Å². The Morgan fingerprint density at radius 1 is 0.871 bits per heavy atom. The Hall–Kier alpha value is -3.01. The normalized spacial score (nSPS) is 14.5. The van der Waals surface area contributed by atoms with Crippen molar-refractivity contribution >= 4 is 33.3 Å². The van der Waals surface area contributed by atoms with Crippen molar-refractivity contribution in [1.29, 1.82) is 0 Å². The number of carbonyl (C=O) groups excluding carboxylic acids is 1. The second-order valence-corrected chi connectivity index (χ2v) is 9.13. The molecule has 2 heterocycles. The summed E-state index contributed by atoms with van der Waals surface area (Å²) in [5, 5.41) is 14.4. The van der Waals surface area contributed by atoms with Crippen LogP contribution in [-0.2, 0) is 10.0 Å². The topological polar surface area (TPSA) is 109 Å². The maximum Gasteiger partial charge on any atom is 0.253 e. The fraction of sp³-hybridized carbons (Fsp3) is 0.190. The van der Waals surface area contributed by atoms with Gasteiger partial charge in [-0.05, 0) is 48.5 Å². The van der Waals surface area contributed by atoms with E-state index in [9.17, 15) is 13.2 Å². The number of anilines is 1. The second-order valence-electron chi connectivity index (χ2n) is 7.13. The summed E-state index contributed by atoms with van der Waals surface area (Å²) in [6.45, 7) is 2.29. The van der Waals surface area contributed by atoms with Gasteiger partial charge in [-0.1, -0.05) is 23.7 Å². The van der Waals surface area contributed by atoms with Crippen molar-refractivity contribution < 1.29 is 13.2 Å². The SMILES string of the molecule is NS(=O)(=O)c1ccc(C(=O)N2CCN(c3ccc(-c4ccc(Cl)cc4)nn3)CC2)cc1. The lowest BCUT2D eigenvalue weighted by atomic mass is 10.1.